The van der Waals surface area contributed by atoms with E-state index in [1.165, 1.54) is 25.1 Å². The average Bonchev–Trinajstić information content (AvgIpc) is 3.14. The van der Waals surface area contributed by atoms with Crippen LogP contribution in [0.1, 0.15) is 36.0 Å². The van der Waals surface area contributed by atoms with E-state index in [4.69, 9.17) is 0 Å². The van der Waals surface area contributed by atoms with Crippen molar-refractivity contribution >= 4 is 18.3 Å². The highest BCUT2D eigenvalue weighted by Crippen LogP contribution is 2.28. The van der Waals surface area contributed by atoms with Crippen molar-refractivity contribution in [2.75, 3.05) is 0 Å². The molecule has 3 heterocycles. The van der Waals surface area contributed by atoms with Crippen LogP contribution in [0.15, 0.2) is 30.5 Å². The molecule has 0 aliphatic carbocycles. The van der Waals surface area contributed by atoms with Crippen LogP contribution in [0.2, 0.25) is 0 Å². The molecule has 2 unspecified atom stereocenters. The summed E-state index contributed by atoms with van der Waals surface area (Å²) >= 11 is 0. The third-order valence-electron chi connectivity index (χ3n) is 4.84. The van der Waals surface area contributed by atoms with E-state index in [9.17, 15) is 9.18 Å². The average molecular weight is 351 g/mol. The summed E-state index contributed by atoms with van der Waals surface area (Å²) in [7, 11) is 0. The molecule has 2 fully saturated rings. The first-order chi connectivity index (χ1) is 11.2. The molecule has 5 nitrogen and oxygen atoms in total. The van der Waals surface area contributed by atoms with E-state index in [1.54, 1.807) is 18.2 Å². The van der Waals surface area contributed by atoms with Gasteiger partial charge in [-0.2, -0.15) is 5.10 Å². The van der Waals surface area contributed by atoms with Crippen LogP contribution in [0.4, 0.5) is 4.39 Å². The number of fused-ring (bicyclic) bond motifs is 2. The Morgan fingerprint density at radius 1 is 1.21 bits per heavy atom. The molecule has 24 heavy (non-hydrogen) atoms. The van der Waals surface area contributed by atoms with Crippen LogP contribution in [-0.4, -0.2) is 34.2 Å². The lowest BCUT2D eigenvalue weighted by Crippen LogP contribution is -2.48. The van der Waals surface area contributed by atoms with E-state index in [0.29, 0.717) is 28.9 Å². The fourth-order valence-electron chi connectivity index (χ4n) is 3.77. The van der Waals surface area contributed by atoms with Crippen LogP contribution >= 0.6 is 12.4 Å². The highest BCUT2D eigenvalue weighted by molar-refractivity contribution is 5.99. The lowest BCUT2D eigenvalue weighted by molar-refractivity contribution is 0.0924. The first-order valence-electron chi connectivity index (χ1n) is 8.06. The Balaban J connectivity index is 0.00000169. The zero-order chi connectivity index (χ0) is 15.8. The number of halogens is 2. The molecule has 0 spiro atoms. The number of carbonyl (C=O) groups is 1. The molecule has 0 saturated carbocycles. The summed E-state index contributed by atoms with van der Waals surface area (Å²) < 4.78 is 14.0. The quantitative estimate of drug-likeness (QED) is 0.797. The second-order valence-electron chi connectivity index (χ2n) is 6.42. The number of aromatic nitrogens is 2. The van der Waals surface area contributed by atoms with Crippen molar-refractivity contribution in [2.45, 2.75) is 43.8 Å². The van der Waals surface area contributed by atoms with Crippen molar-refractivity contribution in [1.29, 1.82) is 0 Å². The van der Waals surface area contributed by atoms with Crippen LogP contribution in [0.25, 0.3) is 11.3 Å². The minimum Gasteiger partial charge on any atom is -0.349 e. The third kappa shape index (κ3) is 3.16. The minimum absolute atomic E-state index is 0. The number of hydrogen-bond donors (Lipinski definition) is 3. The molecule has 128 valence electrons. The molecule has 2 aliphatic rings. The largest absolute Gasteiger partial charge is 0.349 e. The molecule has 7 heteroatoms. The number of hydrogen-bond acceptors (Lipinski definition) is 3. The molecule has 0 radical (unpaired) electrons. The van der Waals surface area contributed by atoms with Gasteiger partial charge in [0.15, 0.2) is 0 Å². The Kier molecular flexibility index (Phi) is 4.87. The van der Waals surface area contributed by atoms with Crippen LogP contribution in [-0.2, 0) is 0 Å². The normalized spacial score (nSPS) is 25.1. The van der Waals surface area contributed by atoms with Gasteiger partial charge in [0.05, 0.1) is 17.5 Å². The van der Waals surface area contributed by atoms with Crippen molar-refractivity contribution in [3.05, 3.63) is 41.8 Å². The Labute approximate surface area is 145 Å². The topological polar surface area (TPSA) is 69.8 Å². The van der Waals surface area contributed by atoms with Crippen molar-refractivity contribution in [3.63, 3.8) is 0 Å². The van der Waals surface area contributed by atoms with E-state index < -0.39 is 0 Å². The summed E-state index contributed by atoms with van der Waals surface area (Å²) in [4.78, 5) is 12.6. The maximum atomic E-state index is 14.0. The number of amides is 1. The maximum absolute atomic E-state index is 14.0. The molecule has 1 aromatic heterocycles. The second-order valence-corrected chi connectivity index (χ2v) is 6.42. The summed E-state index contributed by atoms with van der Waals surface area (Å²) in [6.07, 6.45) is 5.74. The summed E-state index contributed by atoms with van der Waals surface area (Å²) in [5, 5.41) is 13.3. The van der Waals surface area contributed by atoms with Gasteiger partial charge in [-0.15, -0.1) is 12.4 Å². The lowest BCUT2D eigenvalue weighted by Gasteiger charge is -2.29. The van der Waals surface area contributed by atoms with Crippen LogP contribution in [0.3, 0.4) is 0 Å². The minimum atomic E-state index is -0.370. The molecule has 1 amide bonds. The lowest BCUT2D eigenvalue weighted by atomic mass is 9.99. The molecule has 2 bridgehead atoms. The standard InChI is InChI=1S/C17H19FN4O.ClH/c18-15-4-2-1-3-13(15)16-14(9-19-22-16)17(23)21-12-7-10-5-6-11(8-12)20-10;/h1-4,9-12,20H,5-8H2,(H,19,22)(H,21,23);1H. The predicted octanol–water partition coefficient (Wildman–Crippen LogP) is 2.65. The fraction of sp³-hybridized carbons (Fsp3) is 0.412. The summed E-state index contributed by atoms with van der Waals surface area (Å²) in [5.41, 5.74) is 1.18. The van der Waals surface area contributed by atoms with E-state index in [2.05, 4.69) is 20.8 Å². The van der Waals surface area contributed by atoms with Crippen molar-refractivity contribution in [1.82, 2.24) is 20.8 Å². The van der Waals surface area contributed by atoms with Gasteiger partial charge >= 0.3 is 0 Å². The van der Waals surface area contributed by atoms with Crippen molar-refractivity contribution < 1.29 is 9.18 Å². The number of rotatable bonds is 3. The van der Waals surface area contributed by atoms with Gasteiger partial charge in [-0.3, -0.25) is 9.89 Å². The molecule has 2 aromatic rings. The first kappa shape index (κ1) is 16.9. The highest BCUT2D eigenvalue weighted by Gasteiger charge is 2.34. The Bertz CT molecular complexity index is 723. The number of nitrogens with zero attached hydrogens (tertiary/aromatic N) is 1. The van der Waals surface area contributed by atoms with Gasteiger partial charge in [0, 0.05) is 23.7 Å². The molecule has 2 atom stereocenters. The zero-order valence-electron chi connectivity index (χ0n) is 13.1. The fourth-order valence-corrected chi connectivity index (χ4v) is 3.77. The Morgan fingerprint density at radius 3 is 2.62 bits per heavy atom. The number of nitrogens with one attached hydrogen (secondary N) is 3. The molecule has 2 aliphatic heterocycles. The number of aromatic amines is 1. The van der Waals surface area contributed by atoms with Gasteiger partial charge in [-0.1, -0.05) is 12.1 Å². The molecule has 4 rings (SSSR count). The number of carbonyl (C=O) groups excluding carboxylic acids is 1. The third-order valence-corrected chi connectivity index (χ3v) is 4.84. The SMILES string of the molecule is Cl.O=C(NC1CC2CCC(C1)N2)c1cn[nH]c1-c1ccccc1F. The van der Waals surface area contributed by atoms with Gasteiger partial charge in [-0.05, 0) is 37.8 Å². The second kappa shape index (κ2) is 6.91. The highest BCUT2D eigenvalue weighted by atomic mass is 35.5. The number of piperidine rings is 1. The van der Waals surface area contributed by atoms with Gasteiger partial charge in [0.25, 0.3) is 5.91 Å². The zero-order valence-corrected chi connectivity index (χ0v) is 13.9. The van der Waals surface area contributed by atoms with Gasteiger partial charge in [-0.25, -0.2) is 4.39 Å². The van der Waals surface area contributed by atoms with E-state index in [-0.39, 0.29) is 30.2 Å². The molecular weight excluding hydrogens is 331 g/mol. The Hall–Kier alpha value is -1.92. The smallest absolute Gasteiger partial charge is 0.255 e. The molecule has 2 saturated heterocycles. The first-order valence-corrected chi connectivity index (χ1v) is 8.06. The van der Waals surface area contributed by atoms with Gasteiger partial charge in [0.1, 0.15) is 5.82 Å². The summed E-state index contributed by atoms with van der Waals surface area (Å²) in [6, 6.07) is 7.58. The van der Waals surface area contributed by atoms with E-state index in [1.807, 2.05) is 0 Å². The molecule has 3 N–H and O–H groups in total. The number of benzene rings is 1. The molecular formula is C17H20ClFN4O. The van der Waals surface area contributed by atoms with Crippen LogP contribution < -0.4 is 10.6 Å². The van der Waals surface area contributed by atoms with Crippen LogP contribution in [0, 0.1) is 5.82 Å². The van der Waals surface area contributed by atoms with Crippen LogP contribution in [0.5, 0.6) is 0 Å². The van der Waals surface area contributed by atoms with Gasteiger partial charge < -0.3 is 10.6 Å². The summed E-state index contributed by atoms with van der Waals surface area (Å²) in [6.45, 7) is 0. The number of H-pyrrole nitrogens is 1. The van der Waals surface area contributed by atoms with E-state index in [0.717, 1.165) is 12.8 Å². The monoisotopic (exact) mass is 350 g/mol. The summed E-state index contributed by atoms with van der Waals surface area (Å²) in [5.74, 6) is -0.561. The van der Waals surface area contributed by atoms with Crippen molar-refractivity contribution in [3.8, 4) is 11.3 Å². The van der Waals surface area contributed by atoms with E-state index >= 15 is 0 Å². The van der Waals surface area contributed by atoms with Gasteiger partial charge in [0.2, 0.25) is 0 Å². The Morgan fingerprint density at radius 2 is 1.92 bits per heavy atom. The predicted molar refractivity (Wildman–Crippen MR) is 91.7 cm³/mol. The maximum Gasteiger partial charge on any atom is 0.255 e. The molecule has 1 aromatic carbocycles. The van der Waals surface area contributed by atoms with Crippen molar-refractivity contribution in [2.24, 2.45) is 0 Å².